The number of aliphatic hydroxyl groups excluding tert-OH is 1. The zero-order chi connectivity index (χ0) is 19.6. The summed E-state index contributed by atoms with van der Waals surface area (Å²) in [5.74, 6) is 1.07. The average Bonchev–Trinajstić information content (AvgIpc) is 2.93. The van der Waals surface area contributed by atoms with Crippen LogP contribution in [0, 0.1) is 0 Å². The van der Waals surface area contributed by atoms with Crippen molar-refractivity contribution < 1.29 is 19.4 Å². The number of methoxy groups -OCH3 is 1. The van der Waals surface area contributed by atoms with Crippen molar-refractivity contribution in [2.75, 3.05) is 7.11 Å². The van der Waals surface area contributed by atoms with E-state index in [4.69, 9.17) is 9.47 Å². The van der Waals surface area contributed by atoms with E-state index in [1.54, 1.807) is 25.3 Å². The van der Waals surface area contributed by atoms with E-state index in [0.717, 1.165) is 30.6 Å². The van der Waals surface area contributed by atoms with Crippen LogP contribution in [0.15, 0.2) is 48.5 Å². The second kappa shape index (κ2) is 7.70. The smallest absolute Gasteiger partial charge is 0.193 e. The summed E-state index contributed by atoms with van der Waals surface area (Å²) in [6.07, 6.45) is 8.99. The van der Waals surface area contributed by atoms with Crippen molar-refractivity contribution in [3.05, 3.63) is 65.2 Å². The number of allylic oxidation sites excluding steroid dienone is 1. The molecule has 0 radical (unpaired) electrons. The fourth-order valence-corrected chi connectivity index (χ4v) is 4.44. The fraction of sp³-hybridized carbons (Fsp3) is 0.375. The summed E-state index contributed by atoms with van der Waals surface area (Å²) in [6, 6.07) is 12.7. The maximum absolute atomic E-state index is 12.9. The van der Waals surface area contributed by atoms with Crippen LogP contribution in [-0.2, 0) is 6.42 Å². The molecule has 1 aliphatic carbocycles. The number of fused-ring (bicyclic) bond motifs is 1. The third-order valence-corrected chi connectivity index (χ3v) is 5.86. The monoisotopic (exact) mass is 378 g/mol. The van der Waals surface area contributed by atoms with Crippen LogP contribution >= 0.6 is 0 Å². The van der Waals surface area contributed by atoms with Gasteiger partial charge in [-0.1, -0.05) is 43.2 Å². The van der Waals surface area contributed by atoms with Gasteiger partial charge in [-0.25, -0.2) is 0 Å². The van der Waals surface area contributed by atoms with Gasteiger partial charge in [0.25, 0.3) is 0 Å². The largest absolute Gasteiger partial charge is 0.507 e. The average molecular weight is 378 g/mol. The number of hydrogen-bond donors (Lipinski definition) is 1. The third kappa shape index (κ3) is 3.51. The number of carbonyl (C=O) groups excluding carboxylic acids is 1. The van der Waals surface area contributed by atoms with Crippen molar-refractivity contribution in [1.29, 1.82) is 0 Å². The third-order valence-electron chi connectivity index (χ3n) is 5.86. The van der Waals surface area contributed by atoms with Gasteiger partial charge in [0.15, 0.2) is 5.78 Å². The van der Waals surface area contributed by atoms with Crippen LogP contribution in [-0.4, -0.2) is 23.6 Å². The van der Waals surface area contributed by atoms with Crippen LogP contribution in [0.5, 0.6) is 11.5 Å². The minimum atomic E-state index is -0.275. The molecule has 0 unspecified atom stereocenters. The summed E-state index contributed by atoms with van der Waals surface area (Å²) in [4.78, 5) is 12.9. The van der Waals surface area contributed by atoms with Crippen LogP contribution in [0.2, 0.25) is 0 Å². The van der Waals surface area contributed by atoms with Gasteiger partial charge in [-0.05, 0) is 37.8 Å². The maximum Gasteiger partial charge on any atom is 0.193 e. The molecule has 1 saturated carbocycles. The van der Waals surface area contributed by atoms with Gasteiger partial charge in [0.2, 0.25) is 0 Å². The number of ketones is 1. The lowest BCUT2D eigenvalue weighted by Crippen LogP contribution is -2.33. The second-order valence-electron chi connectivity index (χ2n) is 7.76. The zero-order valence-electron chi connectivity index (χ0n) is 16.2. The van der Waals surface area contributed by atoms with Crippen molar-refractivity contribution in [2.45, 2.75) is 50.5 Å². The van der Waals surface area contributed by atoms with Gasteiger partial charge in [-0.15, -0.1) is 0 Å². The molecule has 2 aliphatic rings. The molecule has 1 heterocycles. The first-order valence-electron chi connectivity index (χ1n) is 10.0. The van der Waals surface area contributed by atoms with Gasteiger partial charge in [0, 0.05) is 23.6 Å². The van der Waals surface area contributed by atoms with Gasteiger partial charge < -0.3 is 14.6 Å². The van der Waals surface area contributed by atoms with Crippen molar-refractivity contribution in [2.24, 2.45) is 0 Å². The van der Waals surface area contributed by atoms with E-state index in [1.807, 2.05) is 24.3 Å². The van der Waals surface area contributed by atoms with Gasteiger partial charge in [-0.2, -0.15) is 0 Å². The minimum absolute atomic E-state index is 0.0513. The highest BCUT2D eigenvalue weighted by Crippen LogP contribution is 2.47. The topological polar surface area (TPSA) is 55.8 Å². The van der Waals surface area contributed by atoms with E-state index >= 15 is 0 Å². The molecule has 4 rings (SSSR count). The lowest BCUT2D eigenvalue weighted by molar-refractivity contribution is 0.0772. The molecule has 1 fully saturated rings. The molecule has 28 heavy (non-hydrogen) atoms. The molecule has 0 bridgehead atoms. The summed E-state index contributed by atoms with van der Waals surface area (Å²) in [7, 11) is 1.59. The first-order chi connectivity index (χ1) is 13.6. The van der Waals surface area contributed by atoms with Gasteiger partial charge in [0.05, 0.1) is 12.7 Å². The highest BCUT2D eigenvalue weighted by molar-refractivity contribution is 6.10. The highest BCUT2D eigenvalue weighted by Gasteiger charge is 2.41. The van der Waals surface area contributed by atoms with Gasteiger partial charge in [-0.3, -0.25) is 4.79 Å². The van der Waals surface area contributed by atoms with Crippen molar-refractivity contribution in [1.82, 2.24) is 0 Å². The Morgan fingerprint density at radius 1 is 1.07 bits per heavy atom. The molecule has 0 aromatic heterocycles. The molecule has 4 heteroatoms. The normalized spacial score (nSPS) is 18.2. The van der Waals surface area contributed by atoms with Crippen LogP contribution in [0.3, 0.4) is 0 Å². The number of rotatable bonds is 4. The molecular weight excluding hydrogens is 352 g/mol. The Morgan fingerprint density at radius 2 is 1.79 bits per heavy atom. The van der Waals surface area contributed by atoms with E-state index in [2.05, 4.69) is 0 Å². The Hall–Kier alpha value is -2.75. The Kier molecular flexibility index (Phi) is 5.12. The summed E-state index contributed by atoms with van der Waals surface area (Å²) in [5, 5.41) is 10.3. The Morgan fingerprint density at radius 3 is 2.46 bits per heavy atom. The lowest BCUT2D eigenvalue weighted by atomic mass is 9.88. The highest BCUT2D eigenvalue weighted by atomic mass is 16.5. The van der Waals surface area contributed by atoms with E-state index in [0.29, 0.717) is 16.9 Å². The lowest BCUT2D eigenvalue weighted by Gasteiger charge is -2.27. The second-order valence-corrected chi connectivity index (χ2v) is 7.76. The fourth-order valence-electron chi connectivity index (χ4n) is 4.44. The van der Waals surface area contributed by atoms with Crippen molar-refractivity contribution in [3.63, 3.8) is 0 Å². The molecule has 1 N–H and O–H groups in total. The van der Waals surface area contributed by atoms with E-state index < -0.39 is 0 Å². The quantitative estimate of drug-likeness (QED) is 0.433. The maximum atomic E-state index is 12.9. The summed E-state index contributed by atoms with van der Waals surface area (Å²) < 4.78 is 12.0. The number of carbonyl (C=O) groups is 1. The summed E-state index contributed by atoms with van der Waals surface area (Å²) in [6.45, 7) is 0. The Bertz CT molecular complexity index is 890. The van der Waals surface area contributed by atoms with Crippen LogP contribution in [0.1, 0.15) is 60.0 Å². The van der Waals surface area contributed by atoms with E-state index in [1.165, 1.54) is 31.8 Å². The van der Waals surface area contributed by atoms with Crippen LogP contribution < -0.4 is 9.47 Å². The summed E-state index contributed by atoms with van der Waals surface area (Å²) in [5.41, 5.74) is 1.88. The number of ether oxygens (including phenoxy) is 2. The molecule has 0 saturated heterocycles. The molecule has 0 atom stereocenters. The first kappa shape index (κ1) is 18.6. The Labute approximate surface area is 165 Å². The number of aliphatic hydroxyl groups is 1. The molecule has 2 aromatic carbocycles. The molecule has 1 aliphatic heterocycles. The van der Waals surface area contributed by atoms with Crippen molar-refractivity contribution in [3.8, 4) is 11.5 Å². The van der Waals surface area contributed by atoms with Gasteiger partial charge >= 0.3 is 0 Å². The van der Waals surface area contributed by atoms with E-state index in [-0.39, 0.29) is 17.1 Å². The van der Waals surface area contributed by atoms with Crippen molar-refractivity contribution >= 4 is 11.5 Å². The zero-order valence-corrected chi connectivity index (χ0v) is 16.2. The van der Waals surface area contributed by atoms with Crippen LogP contribution in [0.25, 0.3) is 5.76 Å². The molecular formula is C24H26O4. The Balaban J connectivity index is 1.65. The minimum Gasteiger partial charge on any atom is -0.507 e. The molecule has 1 spiro atoms. The molecule has 2 aromatic rings. The van der Waals surface area contributed by atoms with E-state index in [9.17, 15) is 9.90 Å². The molecule has 4 nitrogen and oxygen atoms in total. The molecule has 146 valence electrons. The SMILES string of the molecule is COc1c(C(=O)/C=C(\O)c2ccccc2)ccc2c1CC1(CCCCCC1)O2. The number of benzene rings is 2. The predicted octanol–water partition coefficient (Wildman–Crippen LogP) is 5.50. The summed E-state index contributed by atoms with van der Waals surface area (Å²) >= 11 is 0. The van der Waals surface area contributed by atoms with Gasteiger partial charge in [0.1, 0.15) is 22.9 Å². The standard InChI is InChI=1S/C24H26O4/c1-27-23-18(21(26)15-20(25)17-9-5-4-6-10-17)11-12-22-19(23)16-24(28-22)13-7-2-3-8-14-24/h4-6,9-12,15,25H,2-3,7-8,13-14,16H2,1H3/b20-15-. The first-order valence-corrected chi connectivity index (χ1v) is 10.0. The van der Waals surface area contributed by atoms with Crippen LogP contribution in [0.4, 0.5) is 0 Å². The predicted molar refractivity (Wildman–Crippen MR) is 109 cm³/mol. The number of hydrogen-bond acceptors (Lipinski definition) is 4. The molecule has 0 amide bonds.